The van der Waals surface area contributed by atoms with Crippen LogP contribution in [0.1, 0.15) is 5.69 Å². The number of hydrogen-bond donors (Lipinski definition) is 1. The molecule has 6 nitrogen and oxygen atoms in total. The Bertz CT molecular complexity index is 507. The molecule has 0 saturated heterocycles. The molecule has 6 heteroatoms. The molecular formula is C10H9N3O3. The maximum atomic E-state index is 10.4. The highest BCUT2D eigenvalue weighted by Crippen LogP contribution is 2.14. The number of benzene rings is 1. The summed E-state index contributed by atoms with van der Waals surface area (Å²) in [5, 5.41) is 16.4. The predicted molar refractivity (Wildman–Crippen MR) is 54.7 cm³/mol. The van der Waals surface area contributed by atoms with Gasteiger partial charge in [0.1, 0.15) is 5.69 Å². The first-order chi connectivity index (χ1) is 7.66. The van der Waals surface area contributed by atoms with E-state index >= 15 is 0 Å². The van der Waals surface area contributed by atoms with Gasteiger partial charge in [-0.25, -0.2) is 4.79 Å². The van der Waals surface area contributed by atoms with Gasteiger partial charge in [0.2, 0.25) is 0 Å². The fourth-order valence-corrected chi connectivity index (χ4v) is 1.22. The second-order valence-corrected chi connectivity index (χ2v) is 3.08. The largest absolute Gasteiger partial charge is 0.512 e. The number of rotatable bonds is 2. The van der Waals surface area contributed by atoms with Gasteiger partial charge in [0, 0.05) is 0 Å². The molecule has 0 spiro atoms. The minimum Gasteiger partial charge on any atom is -0.449 e. The van der Waals surface area contributed by atoms with Crippen LogP contribution in [0.2, 0.25) is 0 Å². The molecule has 0 bridgehead atoms. The zero-order valence-corrected chi connectivity index (χ0v) is 8.49. The molecule has 1 heterocycles. The Balaban J connectivity index is 2.34. The highest BCUT2D eigenvalue weighted by atomic mass is 16.7. The van der Waals surface area contributed by atoms with Crippen molar-refractivity contribution in [2.24, 2.45) is 0 Å². The molecule has 0 aliphatic rings. The normalized spacial score (nSPS) is 10.1. The maximum Gasteiger partial charge on any atom is 0.512 e. The first kappa shape index (κ1) is 10.2. The molecule has 2 aromatic rings. The van der Waals surface area contributed by atoms with Crippen molar-refractivity contribution in [3.05, 3.63) is 36.0 Å². The second-order valence-electron chi connectivity index (χ2n) is 3.08. The van der Waals surface area contributed by atoms with Crippen molar-refractivity contribution in [2.75, 3.05) is 0 Å². The smallest absolute Gasteiger partial charge is 0.449 e. The molecule has 0 aliphatic carbocycles. The van der Waals surface area contributed by atoms with Gasteiger partial charge in [-0.15, -0.1) is 15.0 Å². The van der Waals surface area contributed by atoms with Crippen LogP contribution in [0.4, 0.5) is 4.79 Å². The van der Waals surface area contributed by atoms with E-state index in [1.165, 1.54) is 4.80 Å². The van der Waals surface area contributed by atoms with E-state index in [1.807, 2.05) is 30.3 Å². The monoisotopic (exact) mass is 219 g/mol. The third-order valence-corrected chi connectivity index (χ3v) is 1.91. The summed E-state index contributed by atoms with van der Waals surface area (Å²) in [6.45, 7) is 1.63. The standard InChI is InChI=1S/C10H9N3O3/c1-7-9(16-10(14)15)12-13(11-7)8-5-3-2-4-6-8/h2-6H,1H3,(H,14,15). The number of aryl methyl sites for hydroxylation is 1. The van der Waals surface area contributed by atoms with E-state index in [9.17, 15) is 4.79 Å². The fourth-order valence-electron chi connectivity index (χ4n) is 1.22. The summed E-state index contributed by atoms with van der Waals surface area (Å²) in [5.41, 5.74) is 1.16. The highest BCUT2D eigenvalue weighted by molar-refractivity contribution is 5.60. The number of aromatic nitrogens is 3. The first-order valence-corrected chi connectivity index (χ1v) is 4.57. The Labute approximate surface area is 91.1 Å². The van der Waals surface area contributed by atoms with E-state index in [0.29, 0.717) is 5.69 Å². The topological polar surface area (TPSA) is 77.2 Å². The van der Waals surface area contributed by atoms with Crippen LogP contribution in [-0.4, -0.2) is 26.3 Å². The molecule has 0 unspecified atom stereocenters. The average Bonchev–Trinajstić information content (AvgIpc) is 2.61. The third-order valence-electron chi connectivity index (χ3n) is 1.91. The van der Waals surface area contributed by atoms with Gasteiger partial charge in [-0.05, 0) is 19.1 Å². The maximum absolute atomic E-state index is 10.4. The van der Waals surface area contributed by atoms with Crippen molar-refractivity contribution in [3.8, 4) is 11.6 Å². The van der Waals surface area contributed by atoms with Crippen LogP contribution in [0.15, 0.2) is 30.3 Å². The van der Waals surface area contributed by atoms with Gasteiger partial charge in [0.15, 0.2) is 0 Å². The number of nitrogens with zero attached hydrogens (tertiary/aromatic N) is 3. The number of ether oxygens (including phenoxy) is 1. The minimum atomic E-state index is -1.40. The van der Waals surface area contributed by atoms with Crippen LogP contribution >= 0.6 is 0 Å². The lowest BCUT2D eigenvalue weighted by atomic mass is 10.3. The molecule has 1 N–H and O–H groups in total. The molecule has 1 aromatic carbocycles. The quantitative estimate of drug-likeness (QED) is 0.777. The van der Waals surface area contributed by atoms with Gasteiger partial charge in [-0.1, -0.05) is 18.2 Å². The van der Waals surface area contributed by atoms with Gasteiger partial charge in [0.05, 0.1) is 5.69 Å². The van der Waals surface area contributed by atoms with E-state index in [-0.39, 0.29) is 5.88 Å². The minimum absolute atomic E-state index is 0.00338. The van der Waals surface area contributed by atoms with Gasteiger partial charge < -0.3 is 9.84 Å². The van der Waals surface area contributed by atoms with Crippen molar-refractivity contribution in [3.63, 3.8) is 0 Å². The van der Waals surface area contributed by atoms with Gasteiger partial charge >= 0.3 is 6.16 Å². The Kier molecular flexibility index (Phi) is 2.55. The predicted octanol–water partition coefficient (Wildman–Crippen LogP) is 1.63. The number of para-hydroxylation sites is 1. The Hall–Kier alpha value is -2.37. The van der Waals surface area contributed by atoms with E-state index in [4.69, 9.17) is 5.11 Å². The van der Waals surface area contributed by atoms with Gasteiger partial charge in [-0.2, -0.15) is 0 Å². The number of carboxylic acid groups (broad SMARTS) is 1. The Morgan fingerprint density at radius 2 is 2.00 bits per heavy atom. The molecule has 0 saturated carbocycles. The molecule has 0 radical (unpaired) electrons. The van der Waals surface area contributed by atoms with Crippen LogP contribution in [-0.2, 0) is 0 Å². The summed E-state index contributed by atoms with van der Waals surface area (Å²) in [6.07, 6.45) is -1.40. The van der Waals surface area contributed by atoms with Crippen LogP contribution in [0.5, 0.6) is 5.88 Å². The van der Waals surface area contributed by atoms with Crippen molar-refractivity contribution < 1.29 is 14.6 Å². The zero-order chi connectivity index (χ0) is 11.5. The van der Waals surface area contributed by atoms with Crippen molar-refractivity contribution in [1.82, 2.24) is 15.0 Å². The Morgan fingerprint density at radius 1 is 1.31 bits per heavy atom. The lowest BCUT2D eigenvalue weighted by Gasteiger charge is -1.96. The van der Waals surface area contributed by atoms with E-state index in [2.05, 4.69) is 14.9 Å². The summed E-state index contributed by atoms with van der Waals surface area (Å²) < 4.78 is 4.47. The van der Waals surface area contributed by atoms with Crippen molar-refractivity contribution in [2.45, 2.75) is 6.92 Å². The molecule has 1 aromatic heterocycles. The fraction of sp³-hybridized carbons (Fsp3) is 0.100. The van der Waals surface area contributed by atoms with Crippen molar-refractivity contribution >= 4 is 6.16 Å². The number of carbonyl (C=O) groups is 1. The molecule has 2 rings (SSSR count). The summed E-state index contributed by atoms with van der Waals surface area (Å²) in [6, 6.07) is 9.17. The molecule has 0 aliphatic heterocycles. The molecule has 16 heavy (non-hydrogen) atoms. The third kappa shape index (κ3) is 2.00. The average molecular weight is 219 g/mol. The lowest BCUT2D eigenvalue weighted by Crippen LogP contribution is -2.05. The Morgan fingerprint density at radius 3 is 2.62 bits per heavy atom. The summed E-state index contributed by atoms with van der Waals surface area (Å²) in [7, 11) is 0. The summed E-state index contributed by atoms with van der Waals surface area (Å²) in [5.74, 6) is -0.00338. The number of hydrogen-bond acceptors (Lipinski definition) is 4. The van der Waals surface area contributed by atoms with E-state index in [1.54, 1.807) is 6.92 Å². The van der Waals surface area contributed by atoms with Gasteiger partial charge in [-0.3, -0.25) is 0 Å². The lowest BCUT2D eigenvalue weighted by molar-refractivity contribution is 0.142. The van der Waals surface area contributed by atoms with Crippen LogP contribution in [0.3, 0.4) is 0 Å². The highest BCUT2D eigenvalue weighted by Gasteiger charge is 2.12. The van der Waals surface area contributed by atoms with Crippen LogP contribution in [0, 0.1) is 6.92 Å². The summed E-state index contributed by atoms with van der Waals surface area (Å²) in [4.78, 5) is 11.7. The molecule has 0 fully saturated rings. The van der Waals surface area contributed by atoms with Crippen LogP contribution in [0.25, 0.3) is 5.69 Å². The van der Waals surface area contributed by atoms with Gasteiger partial charge in [0.25, 0.3) is 5.88 Å². The second kappa shape index (κ2) is 4.01. The van der Waals surface area contributed by atoms with E-state index in [0.717, 1.165) is 5.69 Å². The van der Waals surface area contributed by atoms with Crippen molar-refractivity contribution in [1.29, 1.82) is 0 Å². The summed E-state index contributed by atoms with van der Waals surface area (Å²) >= 11 is 0. The first-order valence-electron chi connectivity index (χ1n) is 4.57. The SMILES string of the molecule is Cc1nn(-c2ccccc2)nc1OC(=O)O. The molecule has 0 atom stereocenters. The molecular weight excluding hydrogens is 210 g/mol. The zero-order valence-electron chi connectivity index (χ0n) is 8.49. The van der Waals surface area contributed by atoms with Crippen LogP contribution < -0.4 is 4.74 Å². The van der Waals surface area contributed by atoms with E-state index < -0.39 is 6.16 Å². The molecule has 0 amide bonds. The molecule has 82 valence electrons.